The second-order valence-corrected chi connectivity index (χ2v) is 23.5. The molecular formula is C52H68O8P2. The maximum absolute atomic E-state index is 13.8. The number of fused-ring (bicyclic) bond motifs is 6. The summed E-state index contributed by atoms with van der Waals surface area (Å²) in [5.74, 6) is -1.29. The van der Waals surface area contributed by atoms with Gasteiger partial charge in [-0.1, -0.05) is 107 Å². The fraction of sp³-hybridized carbons (Fsp3) is 0.500. The topological polar surface area (TPSA) is 105 Å². The number of hydrogen-bond acceptors (Lipinski definition) is 8. The molecule has 0 radical (unpaired) electrons. The molecule has 0 aliphatic carbocycles. The van der Waals surface area contributed by atoms with Crippen LogP contribution in [0.1, 0.15) is 163 Å². The largest absolute Gasteiger partial charge is 0.455 e. The van der Waals surface area contributed by atoms with Crippen LogP contribution in [0.4, 0.5) is 0 Å². The Bertz CT molecular complexity index is 2520. The lowest BCUT2D eigenvalue weighted by atomic mass is 9.81. The van der Waals surface area contributed by atoms with Crippen LogP contribution in [0.5, 0.6) is 0 Å². The molecule has 0 saturated heterocycles. The molecule has 0 bridgehead atoms. The number of aryl methyl sites for hydroxylation is 8. The summed E-state index contributed by atoms with van der Waals surface area (Å²) in [4.78, 5) is 27.7. The Labute approximate surface area is 370 Å². The molecule has 6 rings (SSSR count). The van der Waals surface area contributed by atoms with Gasteiger partial charge in [-0.05, 0) is 122 Å². The van der Waals surface area contributed by atoms with Gasteiger partial charge in [-0.25, -0.2) is 0 Å². The highest BCUT2D eigenvalue weighted by Crippen LogP contribution is 2.47. The molecule has 0 amide bonds. The van der Waals surface area contributed by atoms with Crippen LogP contribution in [0, 0.1) is 55.4 Å². The lowest BCUT2D eigenvalue weighted by Gasteiger charge is -2.23. The van der Waals surface area contributed by atoms with Gasteiger partial charge in [0, 0.05) is 43.8 Å². The van der Waals surface area contributed by atoms with Crippen molar-refractivity contribution < 1.29 is 35.4 Å². The van der Waals surface area contributed by atoms with Crippen molar-refractivity contribution in [1.29, 1.82) is 0 Å². The number of benzene rings is 4. The van der Waals surface area contributed by atoms with Gasteiger partial charge in [0.1, 0.15) is 22.3 Å². The zero-order valence-corrected chi connectivity index (χ0v) is 42.7. The molecule has 6 aromatic rings. The molecule has 2 heterocycles. The van der Waals surface area contributed by atoms with Crippen molar-refractivity contribution in [2.45, 2.75) is 173 Å². The second kappa shape index (κ2) is 16.3. The normalized spacial score (nSPS) is 12.8. The molecule has 4 aromatic carbocycles. The molecule has 0 unspecified atom stereocenters. The van der Waals surface area contributed by atoms with Gasteiger partial charge in [0.15, 0.2) is 0 Å². The van der Waals surface area contributed by atoms with Gasteiger partial charge in [-0.2, -0.15) is 0 Å². The summed E-state index contributed by atoms with van der Waals surface area (Å²) in [6.45, 7) is 42.7. The number of rotatable bonds is 5. The average molecular weight is 883 g/mol. The van der Waals surface area contributed by atoms with E-state index in [1.165, 1.54) is 0 Å². The van der Waals surface area contributed by atoms with Crippen molar-refractivity contribution in [1.82, 2.24) is 0 Å². The first-order valence-electron chi connectivity index (χ1n) is 21.7. The molecule has 62 heavy (non-hydrogen) atoms. The Balaban J connectivity index is 1.46. The average Bonchev–Trinajstić information content (AvgIpc) is 3.40. The zero-order valence-electron chi connectivity index (χ0n) is 40.9. The van der Waals surface area contributed by atoms with Crippen LogP contribution in [-0.2, 0) is 31.2 Å². The summed E-state index contributed by atoms with van der Waals surface area (Å²) in [6, 6.07) is 8.65. The predicted molar refractivity (Wildman–Crippen MR) is 258 cm³/mol. The Hall–Kier alpha value is -4.38. The maximum atomic E-state index is 13.8. The zero-order chi connectivity index (χ0) is 46.3. The Morgan fingerprint density at radius 3 is 0.774 bits per heavy atom. The summed E-state index contributed by atoms with van der Waals surface area (Å²) < 4.78 is 39.1. The molecule has 0 saturated carbocycles. The minimum atomic E-state index is -2.28. The molecule has 0 N–H and O–H groups in total. The molecular weight excluding hydrogens is 815 g/mol. The van der Waals surface area contributed by atoms with Crippen molar-refractivity contribution in [3.8, 4) is 0 Å². The molecule has 0 fully saturated rings. The quantitative estimate of drug-likeness (QED) is 0.169. The van der Waals surface area contributed by atoms with Crippen LogP contribution in [-0.4, -0.2) is 11.9 Å². The van der Waals surface area contributed by atoms with Crippen LogP contribution in [0.25, 0.3) is 43.9 Å². The standard InChI is InChI=1S/C52H68O8P2/c1-27-23-35(49(9,10)11)45-41(31(27)5)42-32(6)28(2)24-36(50(12,13)14)46(42)58-61(57-45)55-39(53)21-22-40(54)56-62-59-47-37(51(15,16)17)25-29(3)33(7)43(47)44-34(8)30(4)26-38(48(44)60-62)52(18,19)20/h23-26H,21-22H2,1-20H3. The smallest absolute Gasteiger partial charge is 0.390 e. The first-order valence-corrected chi connectivity index (χ1v) is 23.9. The summed E-state index contributed by atoms with van der Waals surface area (Å²) in [6.07, 6.45) is -0.536. The lowest BCUT2D eigenvalue weighted by Crippen LogP contribution is -2.13. The highest BCUT2D eigenvalue weighted by molar-refractivity contribution is 7.32. The molecule has 0 aliphatic rings. The highest BCUT2D eigenvalue weighted by Gasteiger charge is 2.30. The SMILES string of the molecule is Cc1cc(C(C)(C)C)c2op(OC(=O)CCC(=O)Op3oc4c(C(C)(C)C)cc(C)c(C)c4c4c(C)c(C)cc(C(C)(C)C)c4o3)oc3c(C(C)(C)C)cc(C)c(C)c3c2c1C. The molecule has 2 aromatic heterocycles. The van der Waals surface area contributed by atoms with Crippen molar-refractivity contribution >= 4 is 72.3 Å². The van der Waals surface area contributed by atoms with E-state index in [-0.39, 0.29) is 34.5 Å². The minimum Gasteiger partial charge on any atom is -0.390 e. The van der Waals surface area contributed by atoms with E-state index in [2.05, 4.69) is 163 Å². The third-order valence-electron chi connectivity index (χ3n) is 12.5. The van der Waals surface area contributed by atoms with Gasteiger partial charge in [-0.15, -0.1) is 0 Å². The van der Waals surface area contributed by atoms with Gasteiger partial charge >= 0.3 is 28.4 Å². The Kier molecular flexibility index (Phi) is 12.4. The van der Waals surface area contributed by atoms with E-state index >= 15 is 0 Å². The first-order chi connectivity index (χ1) is 28.4. The van der Waals surface area contributed by atoms with Gasteiger partial charge in [0.05, 0.1) is 12.8 Å². The fourth-order valence-electron chi connectivity index (χ4n) is 8.25. The Morgan fingerprint density at radius 2 is 0.597 bits per heavy atom. The molecule has 0 aliphatic heterocycles. The van der Waals surface area contributed by atoms with E-state index in [4.69, 9.17) is 25.8 Å². The third-order valence-corrected chi connectivity index (χ3v) is 14.5. The van der Waals surface area contributed by atoms with Crippen molar-refractivity contribution in [2.24, 2.45) is 0 Å². The summed E-state index contributed by atoms with van der Waals surface area (Å²) in [5.41, 5.74) is 14.2. The van der Waals surface area contributed by atoms with E-state index in [0.29, 0.717) is 22.3 Å². The van der Waals surface area contributed by atoms with Crippen molar-refractivity contribution in [2.75, 3.05) is 0 Å². The van der Waals surface area contributed by atoms with E-state index in [1.54, 1.807) is 0 Å². The first kappa shape index (κ1) is 47.1. The van der Waals surface area contributed by atoms with Crippen LogP contribution in [0.3, 0.4) is 0 Å². The number of hydrogen-bond donors (Lipinski definition) is 0. The van der Waals surface area contributed by atoms with E-state index in [0.717, 1.165) is 88.3 Å². The van der Waals surface area contributed by atoms with Gasteiger partial charge in [0.25, 0.3) is 0 Å². The van der Waals surface area contributed by atoms with Crippen molar-refractivity contribution in [3.63, 3.8) is 0 Å². The van der Waals surface area contributed by atoms with Gasteiger partial charge < -0.3 is 25.8 Å². The van der Waals surface area contributed by atoms with Gasteiger partial charge in [-0.3, -0.25) is 9.59 Å². The second-order valence-electron chi connectivity index (χ2n) is 21.5. The highest BCUT2D eigenvalue weighted by atomic mass is 31.1. The maximum Gasteiger partial charge on any atom is 0.455 e. The monoisotopic (exact) mass is 882 g/mol. The van der Waals surface area contributed by atoms with Gasteiger partial charge in [0.2, 0.25) is 0 Å². The minimum absolute atomic E-state index is 0.268. The van der Waals surface area contributed by atoms with Crippen LogP contribution < -0.4 is 9.05 Å². The summed E-state index contributed by atoms with van der Waals surface area (Å²) >= 11 is 0. The number of carbonyl (C=O) groups is 2. The van der Waals surface area contributed by atoms with E-state index < -0.39 is 28.4 Å². The molecule has 8 nitrogen and oxygen atoms in total. The van der Waals surface area contributed by atoms with Crippen LogP contribution in [0.15, 0.2) is 41.1 Å². The summed E-state index contributed by atoms with van der Waals surface area (Å²) in [7, 11) is -4.56. The van der Waals surface area contributed by atoms with Crippen LogP contribution in [0.2, 0.25) is 0 Å². The summed E-state index contributed by atoms with van der Waals surface area (Å²) in [5, 5.41) is 3.82. The molecule has 0 spiro atoms. The molecule has 10 heteroatoms. The van der Waals surface area contributed by atoms with Crippen LogP contribution >= 0.6 is 16.5 Å². The van der Waals surface area contributed by atoms with Crippen molar-refractivity contribution in [3.05, 3.63) is 91.0 Å². The molecule has 334 valence electrons. The third kappa shape index (κ3) is 8.89. The lowest BCUT2D eigenvalue weighted by molar-refractivity contribution is -0.137. The van der Waals surface area contributed by atoms with E-state index in [9.17, 15) is 9.59 Å². The van der Waals surface area contributed by atoms with E-state index in [1.807, 2.05) is 0 Å². The fourth-order valence-corrected chi connectivity index (χ4v) is 10.3. The predicted octanol–water partition coefficient (Wildman–Crippen LogP) is 15.9. The Morgan fingerprint density at radius 1 is 0.403 bits per heavy atom. The number of carbonyl (C=O) groups excluding carboxylic acids is 2. The molecule has 0 atom stereocenters.